The molecule has 0 aliphatic carbocycles. The second kappa shape index (κ2) is 9.06. The Labute approximate surface area is 210 Å². The fourth-order valence-electron chi connectivity index (χ4n) is 5.66. The average molecular weight is 498 g/mol. The van der Waals surface area contributed by atoms with Gasteiger partial charge in [0.15, 0.2) is 0 Å². The van der Waals surface area contributed by atoms with Crippen molar-refractivity contribution in [3.8, 4) is 0 Å². The molecule has 0 saturated carbocycles. The van der Waals surface area contributed by atoms with Gasteiger partial charge in [-0.2, -0.15) is 0 Å². The normalized spacial score (nSPS) is 24.1. The molecular formula is C26H35N5O5. The van der Waals surface area contributed by atoms with Crippen molar-refractivity contribution in [1.29, 1.82) is 0 Å². The zero-order valence-corrected chi connectivity index (χ0v) is 21.5. The number of hydrogen-bond acceptors (Lipinski definition) is 6. The highest BCUT2D eigenvalue weighted by Gasteiger charge is 2.40. The van der Waals surface area contributed by atoms with Crippen LogP contribution in [0.1, 0.15) is 70.4 Å². The number of hydrogen-bond donors (Lipinski definition) is 1. The Hall–Kier alpha value is -3.14. The lowest BCUT2D eigenvalue weighted by Gasteiger charge is -2.50. The second-order valence-electron chi connectivity index (χ2n) is 11.2. The number of nitrogens with one attached hydrogen (secondary N) is 1. The van der Waals surface area contributed by atoms with Crippen LogP contribution < -0.4 is 11.0 Å². The molecule has 1 aromatic heterocycles. The average Bonchev–Trinajstić information content (AvgIpc) is 3.02. The van der Waals surface area contributed by atoms with Crippen LogP contribution in [0, 0.1) is 0 Å². The Bertz CT molecular complexity index is 1270. The maximum absolute atomic E-state index is 13.0. The van der Waals surface area contributed by atoms with Gasteiger partial charge in [0.1, 0.15) is 11.6 Å². The lowest BCUT2D eigenvalue weighted by atomic mass is 9.89. The van der Waals surface area contributed by atoms with Crippen molar-refractivity contribution in [2.75, 3.05) is 19.6 Å². The summed E-state index contributed by atoms with van der Waals surface area (Å²) in [4.78, 5) is 54.1. The van der Waals surface area contributed by atoms with Gasteiger partial charge in [0.25, 0.3) is 0 Å². The number of rotatable bonds is 3. The van der Waals surface area contributed by atoms with Crippen LogP contribution in [-0.4, -0.2) is 68.2 Å². The van der Waals surface area contributed by atoms with Gasteiger partial charge in [-0.15, -0.1) is 0 Å². The van der Waals surface area contributed by atoms with Crippen molar-refractivity contribution in [2.24, 2.45) is 7.05 Å². The van der Waals surface area contributed by atoms with Gasteiger partial charge in [-0.3, -0.25) is 33.8 Å². The van der Waals surface area contributed by atoms with Gasteiger partial charge >= 0.3 is 11.8 Å². The van der Waals surface area contributed by atoms with E-state index in [1.54, 1.807) is 11.6 Å². The van der Waals surface area contributed by atoms with Gasteiger partial charge in [-0.05, 0) is 64.2 Å². The summed E-state index contributed by atoms with van der Waals surface area (Å²) in [6, 6.07) is 5.28. The summed E-state index contributed by atoms with van der Waals surface area (Å²) < 4.78 is 8.74. The molecule has 0 radical (unpaired) electrons. The topological polar surface area (TPSA) is 106 Å². The van der Waals surface area contributed by atoms with Crippen molar-refractivity contribution in [1.82, 2.24) is 24.3 Å². The molecule has 0 bridgehead atoms. The first-order valence-electron chi connectivity index (χ1n) is 12.8. The van der Waals surface area contributed by atoms with E-state index in [9.17, 15) is 19.2 Å². The van der Waals surface area contributed by atoms with Crippen LogP contribution in [-0.2, 0) is 21.4 Å². The fraction of sp³-hybridized carbons (Fsp3) is 0.615. The van der Waals surface area contributed by atoms with E-state index < -0.39 is 17.6 Å². The molecule has 4 heterocycles. The SMILES string of the molecule is Cn1c(=O)n(C2CCC(=O)NC2=O)c2ccc(C3CN(C4CCCCN4C(=O)OC(C)(C)C)C3)cc21. The van der Waals surface area contributed by atoms with E-state index in [0.29, 0.717) is 24.4 Å². The largest absolute Gasteiger partial charge is 0.444 e. The summed E-state index contributed by atoms with van der Waals surface area (Å²) in [7, 11) is 1.71. The number of likely N-dealkylation sites (tertiary alicyclic amines) is 2. The highest BCUT2D eigenvalue weighted by atomic mass is 16.6. The molecule has 3 aliphatic rings. The van der Waals surface area contributed by atoms with Crippen molar-refractivity contribution < 1.29 is 19.1 Å². The van der Waals surface area contributed by atoms with Crippen LogP contribution >= 0.6 is 0 Å². The maximum Gasteiger partial charge on any atom is 0.411 e. The summed E-state index contributed by atoms with van der Waals surface area (Å²) in [5, 5.41) is 2.35. The first-order chi connectivity index (χ1) is 17.0. The predicted molar refractivity (Wildman–Crippen MR) is 133 cm³/mol. The Kier molecular flexibility index (Phi) is 6.18. The van der Waals surface area contributed by atoms with Gasteiger partial charge in [0, 0.05) is 39.0 Å². The molecule has 3 aliphatic heterocycles. The van der Waals surface area contributed by atoms with E-state index in [4.69, 9.17) is 4.74 Å². The number of carbonyl (C=O) groups excluding carboxylic acids is 3. The number of piperidine rings is 2. The molecule has 10 heteroatoms. The lowest BCUT2D eigenvalue weighted by Crippen LogP contribution is -2.60. The smallest absolute Gasteiger partial charge is 0.411 e. The number of aryl methyl sites for hydroxylation is 1. The van der Waals surface area contributed by atoms with Crippen molar-refractivity contribution in [3.63, 3.8) is 0 Å². The molecule has 5 rings (SSSR count). The first kappa shape index (κ1) is 24.5. The standard InChI is InChI=1S/C26H35N5O5/c1-26(2,3)36-25(35)30-12-6-5-7-22(30)29-14-17(15-29)16-8-9-18-20(13-16)28(4)24(34)31(18)19-10-11-21(32)27-23(19)33/h8-9,13,17,19,22H,5-7,10-12,14-15H2,1-4H3,(H,27,32,33). The van der Waals surface area contributed by atoms with E-state index >= 15 is 0 Å². The summed E-state index contributed by atoms with van der Waals surface area (Å²) >= 11 is 0. The van der Waals surface area contributed by atoms with Crippen LogP contribution in [0.3, 0.4) is 0 Å². The summed E-state index contributed by atoms with van der Waals surface area (Å²) in [5.41, 5.74) is 1.82. The van der Waals surface area contributed by atoms with Crippen LogP contribution in [0.5, 0.6) is 0 Å². The summed E-state index contributed by atoms with van der Waals surface area (Å²) in [6.45, 7) is 8.04. The minimum atomic E-state index is -0.686. The van der Waals surface area contributed by atoms with E-state index in [-0.39, 0.29) is 30.3 Å². The molecule has 2 unspecified atom stereocenters. The van der Waals surface area contributed by atoms with Gasteiger partial charge < -0.3 is 4.74 Å². The number of imidazole rings is 1. The predicted octanol–water partition coefficient (Wildman–Crippen LogP) is 2.46. The number of imide groups is 1. The number of amides is 3. The maximum atomic E-state index is 13.0. The summed E-state index contributed by atoms with van der Waals surface area (Å²) in [6.07, 6.45) is 3.35. The van der Waals surface area contributed by atoms with Crippen molar-refractivity contribution in [3.05, 3.63) is 34.2 Å². The van der Waals surface area contributed by atoms with E-state index in [1.165, 1.54) is 4.57 Å². The Balaban J connectivity index is 1.33. The van der Waals surface area contributed by atoms with Gasteiger partial charge in [0.05, 0.1) is 17.2 Å². The molecule has 1 N–H and O–H groups in total. The fourth-order valence-corrected chi connectivity index (χ4v) is 5.66. The number of carbonyl (C=O) groups is 3. The Morgan fingerprint density at radius 2 is 1.81 bits per heavy atom. The van der Waals surface area contributed by atoms with Crippen LogP contribution in [0.4, 0.5) is 4.79 Å². The minimum Gasteiger partial charge on any atom is -0.444 e. The highest BCUT2D eigenvalue weighted by Crippen LogP contribution is 2.35. The third-order valence-electron chi connectivity index (χ3n) is 7.54. The molecule has 36 heavy (non-hydrogen) atoms. The number of fused-ring (bicyclic) bond motifs is 1. The molecule has 194 valence electrons. The van der Waals surface area contributed by atoms with Gasteiger partial charge in [-0.1, -0.05) is 6.07 Å². The number of benzene rings is 1. The molecule has 2 atom stereocenters. The highest BCUT2D eigenvalue weighted by molar-refractivity contribution is 6.00. The Morgan fingerprint density at radius 1 is 1.06 bits per heavy atom. The number of ether oxygens (including phenoxy) is 1. The molecule has 3 fully saturated rings. The lowest BCUT2D eigenvalue weighted by molar-refractivity contribution is -0.135. The third-order valence-corrected chi connectivity index (χ3v) is 7.54. The Morgan fingerprint density at radius 3 is 2.50 bits per heavy atom. The van der Waals surface area contributed by atoms with Gasteiger partial charge in [0.2, 0.25) is 11.8 Å². The first-order valence-corrected chi connectivity index (χ1v) is 12.8. The minimum absolute atomic E-state index is 0.0477. The van der Waals surface area contributed by atoms with E-state index in [1.807, 2.05) is 43.9 Å². The van der Waals surface area contributed by atoms with Gasteiger partial charge in [-0.25, -0.2) is 9.59 Å². The van der Waals surface area contributed by atoms with Crippen molar-refractivity contribution in [2.45, 2.75) is 76.6 Å². The summed E-state index contributed by atoms with van der Waals surface area (Å²) in [5.74, 6) is -0.433. The molecule has 2 aromatic rings. The quantitative estimate of drug-likeness (QED) is 0.653. The zero-order valence-electron chi connectivity index (χ0n) is 21.5. The molecular weight excluding hydrogens is 462 g/mol. The molecule has 1 aromatic carbocycles. The molecule has 0 spiro atoms. The second-order valence-corrected chi connectivity index (χ2v) is 11.2. The van der Waals surface area contributed by atoms with Crippen LogP contribution in [0.2, 0.25) is 0 Å². The monoisotopic (exact) mass is 497 g/mol. The third kappa shape index (κ3) is 4.42. The van der Waals surface area contributed by atoms with Crippen LogP contribution in [0.25, 0.3) is 11.0 Å². The molecule has 3 amide bonds. The number of aromatic nitrogens is 2. The zero-order chi connectivity index (χ0) is 25.8. The van der Waals surface area contributed by atoms with E-state index in [2.05, 4.69) is 10.2 Å². The molecule has 10 nitrogen and oxygen atoms in total. The van der Waals surface area contributed by atoms with Crippen LogP contribution in [0.15, 0.2) is 23.0 Å². The van der Waals surface area contributed by atoms with E-state index in [0.717, 1.165) is 43.4 Å². The van der Waals surface area contributed by atoms with Crippen molar-refractivity contribution >= 4 is 28.9 Å². The number of nitrogens with zero attached hydrogens (tertiary/aromatic N) is 4. The molecule has 3 saturated heterocycles.